The Hall–Kier alpha value is -2.49. The molecule has 1 heterocycles. The first kappa shape index (κ1) is 13.5. The fourth-order valence-corrected chi connectivity index (χ4v) is 2.40. The first-order valence-electron chi connectivity index (χ1n) is 6.85. The van der Waals surface area contributed by atoms with E-state index in [-0.39, 0.29) is 11.5 Å². The van der Waals surface area contributed by atoms with Crippen molar-refractivity contribution in [2.75, 3.05) is 5.73 Å². The van der Waals surface area contributed by atoms with Crippen molar-refractivity contribution in [2.24, 2.45) is 10.2 Å². The van der Waals surface area contributed by atoms with E-state index in [9.17, 15) is 4.39 Å². The van der Waals surface area contributed by atoms with E-state index < -0.39 is 0 Å². The average Bonchev–Trinajstić information content (AvgIpc) is 2.90. The first-order valence-corrected chi connectivity index (χ1v) is 6.85. The number of halogens is 1. The van der Waals surface area contributed by atoms with Gasteiger partial charge in [0.25, 0.3) is 0 Å². The van der Waals surface area contributed by atoms with Gasteiger partial charge in [-0.05, 0) is 48.2 Å². The second kappa shape index (κ2) is 5.48. The number of anilines is 1. The number of benzene rings is 2. The van der Waals surface area contributed by atoms with Crippen LogP contribution in [0.4, 0.5) is 10.1 Å². The summed E-state index contributed by atoms with van der Waals surface area (Å²) >= 11 is 0. The normalized spacial score (nSPS) is 14.0. The Morgan fingerprint density at radius 3 is 2.62 bits per heavy atom. The fourth-order valence-electron chi connectivity index (χ4n) is 2.40. The lowest BCUT2D eigenvalue weighted by atomic mass is 9.99. The minimum atomic E-state index is -0.368. The lowest BCUT2D eigenvalue weighted by molar-refractivity contribution is 0.630. The average molecular weight is 281 g/mol. The summed E-state index contributed by atoms with van der Waals surface area (Å²) in [6.07, 6.45) is 1.46. The molecule has 0 radical (unpaired) electrons. The maximum absolute atomic E-state index is 13.5. The number of hydrogen-bond acceptors (Lipinski definition) is 3. The molecule has 0 saturated heterocycles. The largest absolute Gasteiger partial charge is 0.396 e. The summed E-state index contributed by atoms with van der Waals surface area (Å²) < 4.78 is 13.5. The van der Waals surface area contributed by atoms with Crippen LogP contribution in [0, 0.1) is 5.82 Å². The number of nitrogens with two attached hydrogens (primary N) is 1. The van der Waals surface area contributed by atoms with Crippen LogP contribution in [0.3, 0.4) is 0 Å². The van der Waals surface area contributed by atoms with Gasteiger partial charge in [-0.3, -0.25) is 0 Å². The van der Waals surface area contributed by atoms with Gasteiger partial charge < -0.3 is 5.73 Å². The van der Waals surface area contributed by atoms with Crippen LogP contribution in [0.1, 0.15) is 30.0 Å². The van der Waals surface area contributed by atoms with Crippen LogP contribution in [-0.2, 0) is 6.42 Å². The highest BCUT2D eigenvalue weighted by atomic mass is 19.1. The Morgan fingerprint density at radius 1 is 1.10 bits per heavy atom. The molecule has 3 rings (SSSR count). The van der Waals surface area contributed by atoms with Gasteiger partial charge in [0.15, 0.2) is 0 Å². The van der Waals surface area contributed by atoms with E-state index in [0.29, 0.717) is 6.42 Å². The standard InChI is InChI=1S/C17H16FN3/c1-11-7-17(21-20-11)14-4-2-3-12(9-14)8-13-5-6-16(19)15(18)10-13/h2-6,9-10H,7-8,19H2,1H3. The third-order valence-electron chi connectivity index (χ3n) is 3.50. The number of hydrogen-bond donors (Lipinski definition) is 1. The third-order valence-corrected chi connectivity index (χ3v) is 3.50. The topological polar surface area (TPSA) is 50.7 Å². The molecule has 106 valence electrons. The van der Waals surface area contributed by atoms with Crippen LogP contribution < -0.4 is 5.73 Å². The first-order chi connectivity index (χ1) is 10.1. The summed E-state index contributed by atoms with van der Waals surface area (Å²) in [7, 11) is 0. The summed E-state index contributed by atoms with van der Waals surface area (Å²) in [5.74, 6) is -0.368. The molecule has 21 heavy (non-hydrogen) atoms. The van der Waals surface area contributed by atoms with Gasteiger partial charge in [-0.15, -0.1) is 0 Å². The number of nitrogen functional groups attached to an aromatic ring is 1. The Kier molecular flexibility index (Phi) is 3.52. The van der Waals surface area contributed by atoms with Crippen LogP contribution in [0.5, 0.6) is 0 Å². The van der Waals surface area contributed by atoms with Gasteiger partial charge in [0, 0.05) is 12.1 Å². The summed E-state index contributed by atoms with van der Waals surface area (Å²) in [6.45, 7) is 1.97. The molecule has 0 saturated carbocycles. The molecule has 2 aromatic carbocycles. The highest BCUT2D eigenvalue weighted by Gasteiger charge is 2.11. The number of rotatable bonds is 3. The molecule has 0 spiro atoms. The maximum atomic E-state index is 13.5. The fraction of sp³-hybridized carbons (Fsp3) is 0.176. The van der Waals surface area contributed by atoms with Gasteiger partial charge in [0.2, 0.25) is 0 Å². The highest BCUT2D eigenvalue weighted by Crippen LogP contribution is 2.18. The van der Waals surface area contributed by atoms with Crippen LogP contribution in [-0.4, -0.2) is 11.4 Å². The van der Waals surface area contributed by atoms with E-state index >= 15 is 0 Å². The van der Waals surface area contributed by atoms with Crippen LogP contribution in [0.2, 0.25) is 0 Å². The SMILES string of the molecule is CC1=NN=C(c2cccc(Cc3ccc(N)c(F)c3)c2)C1. The van der Waals surface area contributed by atoms with E-state index in [0.717, 1.165) is 34.5 Å². The molecule has 1 aliphatic heterocycles. The smallest absolute Gasteiger partial charge is 0.146 e. The minimum absolute atomic E-state index is 0.181. The van der Waals surface area contributed by atoms with E-state index in [2.05, 4.69) is 16.3 Å². The summed E-state index contributed by atoms with van der Waals surface area (Å²) in [4.78, 5) is 0. The Morgan fingerprint density at radius 2 is 1.90 bits per heavy atom. The zero-order chi connectivity index (χ0) is 14.8. The van der Waals surface area contributed by atoms with Crippen LogP contribution in [0.25, 0.3) is 0 Å². The molecule has 0 bridgehead atoms. The van der Waals surface area contributed by atoms with E-state index in [1.165, 1.54) is 6.07 Å². The predicted molar refractivity (Wildman–Crippen MR) is 84.3 cm³/mol. The highest BCUT2D eigenvalue weighted by molar-refractivity contribution is 6.14. The van der Waals surface area contributed by atoms with Crippen molar-refractivity contribution in [2.45, 2.75) is 19.8 Å². The quantitative estimate of drug-likeness (QED) is 0.859. The van der Waals surface area contributed by atoms with Gasteiger partial charge in [-0.2, -0.15) is 10.2 Å². The molecule has 0 fully saturated rings. The van der Waals surface area contributed by atoms with Gasteiger partial charge >= 0.3 is 0 Å². The van der Waals surface area contributed by atoms with Gasteiger partial charge in [-0.1, -0.05) is 24.3 Å². The second-order valence-corrected chi connectivity index (χ2v) is 5.29. The summed E-state index contributed by atoms with van der Waals surface area (Å²) in [5.41, 5.74) is 10.8. The summed E-state index contributed by atoms with van der Waals surface area (Å²) in [5, 5.41) is 8.26. The molecule has 0 aliphatic carbocycles. The molecule has 2 N–H and O–H groups in total. The maximum Gasteiger partial charge on any atom is 0.146 e. The Labute approximate surface area is 123 Å². The monoisotopic (exact) mass is 281 g/mol. The van der Waals surface area contributed by atoms with Gasteiger partial charge in [0.05, 0.1) is 11.4 Å². The third kappa shape index (κ3) is 2.99. The van der Waals surface area contributed by atoms with Crippen molar-refractivity contribution in [3.8, 4) is 0 Å². The molecule has 0 unspecified atom stereocenters. The lowest BCUT2D eigenvalue weighted by Gasteiger charge is -2.06. The molecule has 2 aromatic rings. The van der Waals surface area contributed by atoms with Gasteiger partial charge in [0.1, 0.15) is 5.82 Å². The van der Waals surface area contributed by atoms with Crippen molar-refractivity contribution < 1.29 is 4.39 Å². The molecular weight excluding hydrogens is 265 g/mol. The Bertz CT molecular complexity index is 747. The molecule has 4 heteroatoms. The van der Waals surface area contributed by atoms with Crippen molar-refractivity contribution in [1.29, 1.82) is 0 Å². The molecule has 0 atom stereocenters. The second-order valence-electron chi connectivity index (χ2n) is 5.29. The molecule has 0 amide bonds. The van der Waals surface area contributed by atoms with E-state index in [1.807, 2.05) is 31.2 Å². The zero-order valence-corrected chi connectivity index (χ0v) is 11.8. The van der Waals surface area contributed by atoms with Crippen molar-refractivity contribution in [3.63, 3.8) is 0 Å². The van der Waals surface area contributed by atoms with Crippen molar-refractivity contribution in [3.05, 3.63) is 65.0 Å². The molecule has 3 nitrogen and oxygen atoms in total. The van der Waals surface area contributed by atoms with Crippen molar-refractivity contribution in [1.82, 2.24) is 0 Å². The predicted octanol–water partition coefficient (Wildman–Crippen LogP) is 3.57. The van der Waals surface area contributed by atoms with Crippen LogP contribution in [0.15, 0.2) is 52.7 Å². The van der Waals surface area contributed by atoms with E-state index in [1.54, 1.807) is 6.07 Å². The van der Waals surface area contributed by atoms with Crippen molar-refractivity contribution >= 4 is 17.1 Å². The Balaban J connectivity index is 1.82. The van der Waals surface area contributed by atoms with Gasteiger partial charge in [-0.25, -0.2) is 4.39 Å². The number of nitrogens with zero attached hydrogens (tertiary/aromatic N) is 2. The van der Waals surface area contributed by atoms with E-state index in [4.69, 9.17) is 5.73 Å². The molecule has 1 aliphatic rings. The molecular formula is C17H16FN3. The molecule has 0 aromatic heterocycles. The lowest BCUT2D eigenvalue weighted by Crippen LogP contribution is -2.02. The summed E-state index contributed by atoms with van der Waals surface area (Å²) in [6, 6.07) is 13.1. The zero-order valence-electron chi connectivity index (χ0n) is 11.8. The minimum Gasteiger partial charge on any atom is -0.396 e. The van der Waals surface area contributed by atoms with Crippen LogP contribution >= 0.6 is 0 Å².